The second-order valence-corrected chi connectivity index (χ2v) is 5.62. The number of rotatable bonds is 5. The Morgan fingerprint density at radius 1 is 1.40 bits per heavy atom. The number of carbonyl (C=O) groups excluding carboxylic acids is 1. The Balaban J connectivity index is 2.12. The molecule has 0 saturated carbocycles. The number of nitrogens with two attached hydrogens (primary N) is 1. The summed E-state index contributed by atoms with van der Waals surface area (Å²) >= 11 is 0. The zero-order valence-electron chi connectivity index (χ0n) is 12.6. The van der Waals surface area contributed by atoms with Crippen molar-refractivity contribution in [1.29, 1.82) is 0 Å². The van der Waals surface area contributed by atoms with Crippen molar-refractivity contribution in [2.24, 2.45) is 11.7 Å². The molecule has 4 heteroatoms. The Morgan fingerprint density at radius 3 is 2.75 bits per heavy atom. The van der Waals surface area contributed by atoms with E-state index in [1.165, 1.54) is 16.7 Å². The fourth-order valence-corrected chi connectivity index (χ4v) is 2.60. The lowest BCUT2D eigenvalue weighted by atomic mass is 9.91. The second-order valence-electron chi connectivity index (χ2n) is 5.62. The average Bonchev–Trinajstić information content (AvgIpc) is 2.88. The van der Waals surface area contributed by atoms with Crippen LogP contribution in [0.25, 0.3) is 0 Å². The van der Waals surface area contributed by atoms with Gasteiger partial charge in [0.15, 0.2) is 0 Å². The standard InChI is InChI=1S/C16H24N2O2/c1-4-11(2)16(17)12-5-6-13-8-18(9-14(13)7-12)15(19)10-20-3/h5-7,11,16H,4,8-10,17H2,1-3H3. The third kappa shape index (κ3) is 3.02. The van der Waals surface area contributed by atoms with Crippen LogP contribution in [0.1, 0.15) is 43.0 Å². The summed E-state index contributed by atoms with van der Waals surface area (Å²) in [7, 11) is 1.55. The van der Waals surface area contributed by atoms with Crippen LogP contribution in [-0.4, -0.2) is 24.5 Å². The lowest BCUT2D eigenvalue weighted by Gasteiger charge is -2.19. The fraction of sp³-hybridized carbons (Fsp3) is 0.562. The van der Waals surface area contributed by atoms with E-state index < -0.39 is 0 Å². The minimum absolute atomic E-state index is 0.0384. The van der Waals surface area contributed by atoms with Crippen molar-refractivity contribution in [3.63, 3.8) is 0 Å². The van der Waals surface area contributed by atoms with E-state index >= 15 is 0 Å². The highest BCUT2D eigenvalue weighted by Crippen LogP contribution is 2.28. The minimum atomic E-state index is 0.0384. The predicted molar refractivity (Wildman–Crippen MR) is 79.0 cm³/mol. The van der Waals surface area contributed by atoms with Crippen LogP contribution in [0, 0.1) is 5.92 Å². The molecule has 0 aromatic heterocycles. The summed E-state index contributed by atoms with van der Waals surface area (Å²) < 4.78 is 4.91. The van der Waals surface area contributed by atoms with E-state index in [2.05, 4.69) is 32.0 Å². The maximum absolute atomic E-state index is 11.9. The van der Waals surface area contributed by atoms with Crippen LogP contribution in [0.15, 0.2) is 18.2 Å². The molecule has 1 aliphatic rings. The van der Waals surface area contributed by atoms with E-state index in [4.69, 9.17) is 10.5 Å². The number of hydrogen-bond acceptors (Lipinski definition) is 3. The van der Waals surface area contributed by atoms with Crippen LogP contribution in [0.3, 0.4) is 0 Å². The Hall–Kier alpha value is -1.39. The van der Waals surface area contributed by atoms with Crippen LogP contribution < -0.4 is 5.73 Å². The third-order valence-electron chi connectivity index (χ3n) is 4.22. The normalized spacial score (nSPS) is 16.9. The van der Waals surface area contributed by atoms with Gasteiger partial charge in [0.25, 0.3) is 0 Å². The molecule has 1 heterocycles. The molecule has 0 bridgehead atoms. The van der Waals surface area contributed by atoms with Crippen molar-refractivity contribution in [3.05, 3.63) is 34.9 Å². The number of hydrogen-bond donors (Lipinski definition) is 1. The molecule has 0 saturated heterocycles. The fourth-order valence-electron chi connectivity index (χ4n) is 2.60. The molecule has 0 fully saturated rings. The number of carbonyl (C=O) groups is 1. The SMILES string of the molecule is CCC(C)C(N)c1ccc2c(c1)CN(C(=O)COC)C2. The molecule has 0 radical (unpaired) electrons. The molecule has 110 valence electrons. The molecule has 20 heavy (non-hydrogen) atoms. The quantitative estimate of drug-likeness (QED) is 0.897. The summed E-state index contributed by atoms with van der Waals surface area (Å²) in [6.07, 6.45) is 1.07. The van der Waals surface area contributed by atoms with E-state index in [9.17, 15) is 4.79 Å². The van der Waals surface area contributed by atoms with Crippen molar-refractivity contribution < 1.29 is 9.53 Å². The minimum Gasteiger partial charge on any atom is -0.375 e. The number of nitrogens with zero attached hydrogens (tertiary/aromatic N) is 1. The number of ether oxygens (including phenoxy) is 1. The first-order valence-electron chi connectivity index (χ1n) is 7.20. The van der Waals surface area contributed by atoms with Gasteiger partial charge in [0.2, 0.25) is 5.91 Å². The van der Waals surface area contributed by atoms with Gasteiger partial charge in [0.05, 0.1) is 0 Å². The highest BCUT2D eigenvalue weighted by atomic mass is 16.5. The number of benzene rings is 1. The van der Waals surface area contributed by atoms with E-state index in [1.807, 2.05) is 4.90 Å². The lowest BCUT2D eigenvalue weighted by molar-refractivity contribution is -0.135. The molecule has 2 atom stereocenters. The van der Waals surface area contributed by atoms with Crippen LogP contribution in [0.4, 0.5) is 0 Å². The number of methoxy groups -OCH3 is 1. The molecule has 2 unspecified atom stereocenters. The molecule has 0 aliphatic carbocycles. The van der Waals surface area contributed by atoms with E-state index in [1.54, 1.807) is 7.11 Å². The summed E-state index contributed by atoms with van der Waals surface area (Å²) in [5, 5.41) is 0. The van der Waals surface area contributed by atoms with Crippen LogP contribution in [0.5, 0.6) is 0 Å². The van der Waals surface area contributed by atoms with Gasteiger partial charge in [-0.1, -0.05) is 38.5 Å². The van der Waals surface area contributed by atoms with Gasteiger partial charge in [-0.2, -0.15) is 0 Å². The van der Waals surface area contributed by atoms with Crippen LogP contribution in [0.2, 0.25) is 0 Å². The monoisotopic (exact) mass is 276 g/mol. The largest absolute Gasteiger partial charge is 0.375 e. The molecular weight excluding hydrogens is 252 g/mol. The summed E-state index contributed by atoms with van der Waals surface area (Å²) in [5.41, 5.74) is 9.88. The zero-order valence-corrected chi connectivity index (χ0v) is 12.6. The van der Waals surface area contributed by atoms with Gasteiger partial charge in [-0.25, -0.2) is 0 Å². The maximum atomic E-state index is 11.9. The van der Waals surface area contributed by atoms with Crippen LogP contribution >= 0.6 is 0 Å². The zero-order chi connectivity index (χ0) is 14.7. The van der Waals surface area contributed by atoms with E-state index in [-0.39, 0.29) is 18.6 Å². The van der Waals surface area contributed by atoms with Gasteiger partial charge in [-0.15, -0.1) is 0 Å². The van der Waals surface area contributed by atoms with Gasteiger partial charge >= 0.3 is 0 Å². The van der Waals surface area contributed by atoms with Gasteiger partial charge in [0, 0.05) is 26.2 Å². The topological polar surface area (TPSA) is 55.6 Å². The highest BCUT2D eigenvalue weighted by Gasteiger charge is 2.24. The molecule has 1 aromatic carbocycles. The summed E-state index contributed by atoms with van der Waals surface area (Å²) in [6.45, 7) is 5.82. The third-order valence-corrected chi connectivity index (χ3v) is 4.22. The Labute approximate surface area is 120 Å². The van der Waals surface area contributed by atoms with Gasteiger partial charge in [-0.05, 0) is 22.6 Å². The van der Waals surface area contributed by atoms with Crippen molar-refractivity contribution >= 4 is 5.91 Å². The second kappa shape index (κ2) is 6.37. The number of amides is 1. The molecule has 2 N–H and O–H groups in total. The Kier molecular flexibility index (Phi) is 4.78. The molecule has 1 aromatic rings. The predicted octanol–water partition coefficient (Wildman–Crippen LogP) is 2.22. The molecule has 0 spiro atoms. The smallest absolute Gasteiger partial charge is 0.249 e. The van der Waals surface area contributed by atoms with Gasteiger partial charge < -0.3 is 15.4 Å². The molecular formula is C16H24N2O2. The van der Waals surface area contributed by atoms with Crippen LogP contribution in [-0.2, 0) is 22.6 Å². The Bertz CT molecular complexity index is 487. The van der Waals surface area contributed by atoms with Crippen molar-refractivity contribution in [2.45, 2.75) is 39.4 Å². The summed E-state index contributed by atoms with van der Waals surface area (Å²) in [6, 6.07) is 6.42. The first-order valence-corrected chi connectivity index (χ1v) is 7.20. The van der Waals surface area contributed by atoms with Gasteiger partial charge in [0.1, 0.15) is 6.61 Å². The number of fused-ring (bicyclic) bond motifs is 1. The lowest BCUT2D eigenvalue weighted by Crippen LogP contribution is -2.28. The molecule has 1 aliphatic heterocycles. The van der Waals surface area contributed by atoms with Crippen molar-refractivity contribution in [2.75, 3.05) is 13.7 Å². The van der Waals surface area contributed by atoms with Gasteiger partial charge in [-0.3, -0.25) is 4.79 Å². The summed E-state index contributed by atoms with van der Waals surface area (Å²) in [5.74, 6) is 0.497. The first kappa shape index (κ1) is 15.0. The first-order chi connectivity index (χ1) is 9.56. The van der Waals surface area contributed by atoms with Crippen molar-refractivity contribution in [1.82, 2.24) is 4.90 Å². The summed E-state index contributed by atoms with van der Waals surface area (Å²) in [4.78, 5) is 13.7. The molecule has 2 rings (SSSR count). The average molecular weight is 276 g/mol. The molecule has 1 amide bonds. The molecule has 4 nitrogen and oxygen atoms in total. The van der Waals surface area contributed by atoms with E-state index in [0.717, 1.165) is 6.42 Å². The Morgan fingerprint density at radius 2 is 2.10 bits per heavy atom. The maximum Gasteiger partial charge on any atom is 0.249 e. The van der Waals surface area contributed by atoms with E-state index in [0.29, 0.717) is 19.0 Å². The highest BCUT2D eigenvalue weighted by molar-refractivity contribution is 5.78. The van der Waals surface area contributed by atoms with Crippen molar-refractivity contribution in [3.8, 4) is 0 Å².